The van der Waals surface area contributed by atoms with Crippen LogP contribution in [0.25, 0.3) is 17.5 Å². The second-order valence-corrected chi connectivity index (χ2v) is 7.18. The predicted octanol–water partition coefficient (Wildman–Crippen LogP) is 5.03. The Morgan fingerprint density at radius 3 is 2.32 bits per heavy atom. The van der Waals surface area contributed by atoms with E-state index in [-0.39, 0.29) is 5.41 Å². The lowest BCUT2D eigenvalue weighted by atomic mass is 9.83. The van der Waals surface area contributed by atoms with Crippen LogP contribution in [-0.4, -0.2) is 14.7 Å². The molecule has 2 aromatic carbocycles. The zero-order valence-corrected chi connectivity index (χ0v) is 15.0. The van der Waals surface area contributed by atoms with Crippen molar-refractivity contribution >= 4 is 6.20 Å². The first-order valence-corrected chi connectivity index (χ1v) is 8.46. The molecule has 0 saturated heterocycles. The number of nitrogens with zero attached hydrogens (tertiary/aromatic N) is 2. The van der Waals surface area contributed by atoms with Gasteiger partial charge in [-0.05, 0) is 16.5 Å². The molecule has 0 aliphatic heterocycles. The van der Waals surface area contributed by atoms with Crippen molar-refractivity contribution in [2.45, 2.75) is 32.3 Å². The van der Waals surface area contributed by atoms with Gasteiger partial charge < -0.3 is 9.67 Å². The van der Waals surface area contributed by atoms with Gasteiger partial charge in [-0.15, -0.1) is 0 Å². The van der Waals surface area contributed by atoms with Crippen LogP contribution in [0.2, 0.25) is 0 Å². The van der Waals surface area contributed by atoms with Crippen molar-refractivity contribution in [1.29, 1.82) is 0 Å². The first-order chi connectivity index (χ1) is 11.9. The molecule has 1 N–H and O–H groups in total. The Labute approximate surface area is 149 Å². The van der Waals surface area contributed by atoms with E-state index in [1.807, 2.05) is 48.7 Å². The zero-order chi connectivity index (χ0) is 18.0. The van der Waals surface area contributed by atoms with E-state index in [0.717, 1.165) is 16.8 Å². The Kier molecular flexibility index (Phi) is 4.60. The topological polar surface area (TPSA) is 38.0 Å². The summed E-state index contributed by atoms with van der Waals surface area (Å²) in [4.78, 5) is 4.74. The van der Waals surface area contributed by atoms with Crippen LogP contribution >= 0.6 is 0 Å². The fraction of sp³-hybridized carbons (Fsp3) is 0.227. The minimum Gasteiger partial charge on any atom is -0.380 e. The predicted molar refractivity (Wildman–Crippen MR) is 103 cm³/mol. The molecule has 0 fully saturated rings. The van der Waals surface area contributed by atoms with E-state index >= 15 is 0 Å². The molecule has 0 aliphatic rings. The molecule has 0 amide bonds. The standard InChI is InChI=1S/C22H24N2O/c1-5-24-15-19(17-13-9-10-14-18(17)22(2,3)4)23-21(24)20(25)16-11-7-6-8-12-16/h5-15,20,25H,1H2,2-4H3. The van der Waals surface area contributed by atoms with Gasteiger partial charge in [-0.25, -0.2) is 4.98 Å². The summed E-state index contributed by atoms with van der Waals surface area (Å²) in [7, 11) is 0. The summed E-state index contributed by atoms with van der Waals surface area (Å²) in [5.41, 5.74) is 3.97. The summed E-state index contributed by atoms with van der Waals surface area (Å²) < 4.78 is 1.80. The molecule has 1 unspecified atom stereocenters. The summed E-state index contributed by atoms with van der Waals surface area (Å²) in [5, 5.41) is 10.8. The van der Waals surface area contributed by atoms with Crippen molar-refractivity contribution in [3.05, 3.63) is 84.3 Å². The SMILES string of the molecule is C=Cn1cc(-c2ccccc2C(C)(C)C)nc1C(O)c1ccccc1. The van der Waals surface area contributed by atoms with Crippen LogP contribution in [0.15, 0.2) is 67.4 Å². The molecule has 0 saturated carbocycles. The Morgan fingerprint density at radius 2 is 1.68 bits per heavy atom. The minimum absolute atomic E-state index is 0.00671. The molecule has 1 atom stereocenters. The van der Waals surface area contributed by atoms with Crippen LogP contribution in [0.5, 0.6) is 0 Å². The highest BCUT2D eigenvalue weighted by Gasteiger charge is 2.22. The quantitative estimate of drug-likeness (QED) is 0.727. The number of aromatic nitrogens is 2. The van der Waals surface area contributed by atoms with E-state index in [1.54, 1.807) is 10.8 Å². The smallest absolute Gasteiger partial charge is 0.147 e. The largest absolute Gasteiger partial charge is 0.380 e. The van der Waals surface area contributed by atoms with E-state index in [4.69, 9.17) is 4.98 Å². The number of aliphatic hydroxyl groups is 1. The molecule has 25 heavy (non-hydrogen) atoms. The Balaban J connectivity index is 2.10. The number of rotatable bonds is 4. The summed E-state index contributed by atoms with van der Waals surface area (Å²) in [6.45, 7) is 10.4. The maximum Gasteiger partial charge on any atom is 0.147 e. The average molecular weight is 332 g/mol. The maximum atomic E-state index is 10.8. The molecular formula is C22H24N2O. The lowest BCUT2D eigenvalue weighted by molar-refractivity contribution is 0.209. The van der Waals surface area contributed by atoms with Gasteiger partial charge in [0.05, 0.1) is 5.69 Å². The second-order valence-electron chi connectivity index (χ2n) is 7.18. The lowest BCUT2D eigenvalue weighted by Gasteiger charge is -2.22. The summed E-state index contributed by atoms with van der Waals surface area (Å²) in [5.74, 6) is 0.569. The minimum atomic E-state index is -0.797. The number of aliphatic hydroxyl groups excluding tert-OH is 1. The van der Waals surface area contributed by atoms with Gasteiger partial charge in [-0.2, -0.15) is 0 Å². The van der Waals surface area contributed by atoms with Crippen LogP contribution in [0.4, 0.5) is 0 Å². The number of hydrogen-bond donors (Lipinski definition) is 1. The lowest BCUT2D eigenvalue weighted by Crippen LogP contribution is -2.12. The van der Waals surface area contributed by atoms with Gasteiger partial charge >= 0.3 is 0 Å². The van der Waals surface area contributed by atoms with Gasteiger partial charge in [-0.3, -0.25) is 0 Å². The van der Waals surface area contributed by atoms with Gasteiger partial charge in [0.15, 0.2) is 0 Å². The highest BCUT2D eigenvalue weighted by molar-refractivity contribution is 5.65. The Bertz CT molecular complexity index is 873. The van der Waals surface area contributed by atoms with Crippen LogP contribution < -0.4 is 0 Å². The Morgan fingerprint density at radius 1 is 1.04 bits per heavy atom. The fourth-order valence-corrected chi connectivity index (χ4v) is 3.03. The third-order valence-corrected chi connectivity index (χ3v) is 4.33. The zero-order valence-electron chi connectivity index (χ0n) is 15.0. The number of imidazole rings is 1. The molecule has 1 aromatic heterocycles. The molecule has 0 aliphatic carbocycles. The Hall–Kier alpha value is -2.65. The maximum absolute atomic E-state index is 10.8. The van der Waals surface area contributed by atoms with Gasteiger partial charge in [0.2, 0.25) is 0 Å². The molecule has 3 nitrogen and oxygen atoms in total. The summed E-state index contributed by atoms with van der Waals surface area (Å²) in [6, 6.07) is 17.8. The van der Waals surface area contributed by atoms with E-state index in [2.05, 4.69) is 39.5 Å². The highest BCUT2D eigenvalue weighted by Crippen LogP contribution is 2.33. The highest BCUT2D eigenvalue weighted by atomic mass is 16.3. The third-order valence-electron chi connectivity index (χ3n) is 4.33. The van der Waals surface area contributed by atoms with Crippen molar-refractivity contribution in [3.63, 3.8) is 0 Å². The first kappa shape index (κ1) is 17.2. The first-order valence-electron chi connectivity index (χ1n) is 8.46. The molecule has 0 spiro atoms. The molecule has 3 heteroatoms. The van der Waals surface area contributed by atoms with Crippen LogP contribution in [0.3, 0.4) is 0 Å². The van der Waals surface area contributed by atoms with Gasteiger partial charge in [0.1, 0.15) is 11.9 Å². The molecular weight excluding hydrogens is 308 g/mol. The van der Waals surface area contributed by atoms with Crippen molar-refractivity contribution in [2.75, 3.05) is 0 Å². The van der Waals surface area contributed by atoms with Crippen LogP contribution in [0.1, 0.15) is 43.8 Å². The van der Waals surface area contributed by atoms with Gasteiger partial charge in [0, 0.05) is 18.0 Å². The van der Waals surface area contributed by atoms with E-state index in [9.17, 15) is 5.11 Å². The van der Waals surface area contributed by atoms with E-state index < -0.39 is 6.10 Å². The molecule has 0 bridgehead atoms. The third kappa shape index (κ3) is 3.42. The van der Waals surface area contributed by atoms with Crippen molar-refractivity contribution < 1.29 is 5.11 Å². The van der Waals surface area contributed by atoms with Crippen LogP contribution in [0, 0.1) is 0 Å². The van der Waals surface area contributed by atoms with Crippen molar-refractivity contribution in [1.82, 2.24) is 9.55 Å². The summed E-state index contributed by atoms with van der Waals surface area (Å²) >= 11 is 0. The molecule has 3 rings (SSSR count). The van der Waals surface area contributed by atoms with Gasteiger partial charge in [0.25, 0.3) is 0 Å². The molecule has 1 heterocycles. The normalized spacial score (nSPS) is 12.8. The van der Waals surface area contributed by atoms with Gasteiger partial charge in [-0.1, -0.05) is 81.9 Å². The monoisotopic (exact) mass is 332 g/mol. The molecule has 3 aromatic rings. The fourth-order valence-electron chi connectivity index (χ4n) is 3.03. The van der Waals surface area contributed by atoms with Crippen molar-refractivity contribution in [3.8, 4) is 11.3 Å². The van der Waals surface area contributed by atoms with E-state index in [0.29, 0.717) is 5.82 Å². The van der Waals surface area contributed by atoms with Crippen molar-refractivity contribution in [2.24, 2.45) is 0 Å². The average Bonchev–Trinajstić information content (AvgIpc) is 3.05. The number of hydrogen-bond acceptors (Lipinski definition) is 2. The van der Waals surface area contributed by atoms with Crippen LogP contribution in [-0.2, 0) is 5.41 Å². The molecule has 0 radical (unpaired) electrons. The summed E-state index contributed by atoms with van der Waals surface area (Å²) in [6.07, 6.45) is 2.81. The van der Waals surface area contributed by atoms with E-state index in [1.165, 1.54) is 5.56 Å². The number of benzene rings is 2. The second kappa shape index (κ2) is 6.69. The molecule has 128 valence electrons.